The first-order chi connectivity index (χ1) is 17.8. The number of ether oxygens (including phenoxy) is 2. The van der Waals surface area contributed by atoms with E-state index in [4.69, 9.17) is 9.47 Å². The van der Waals surface area contributed by atoms with Crippen LogP contribution in [0, 0.1) is 46.8 Å². The van der Waals surface area contributed by atoms with Crippen LogP contribution in [0.15, 0.2) is 0 Å². The number of alkyl halides is 2. The van der Waals surface area contributed by atoms with Crippen molar-refractivity contribution in [2.45, 2.75) is 129 Å². The van der Waals surface area contributed by atoms with Crippen molar-refractivity contribution in [3.05, 3.63) is 0 Å². The Kier molecular flexibility index (Phi) is 11.5. The van der Waals surface area contributed by atoms with Gasteiger partial charge in [-0.1, -0.05) is 65.5 Å². The molecular formula is C32H54Br2O3. The average molecular weight is 647 g/mol. The van der Waals surface area contributed by atoms with E-state index in [0.29, 0.717) is 53.2 Å². The molecule has 0 bridgehead atoms. The minimum Gasteiger partial charge on any atom is -0.381 e. The third-order valence-electron chi connectivity index (χ3n) is 11.5. The number of halogens is 2. The maximum atomic E-state index is 13.1. The van der Waals surface area contributed by atoms with Gasteiger partial charge >= 0.3 is 0 Å². The molecule has 5 heteroatoms. The molecule has 0 aromatic heterocycles. The van der Waals surface area contributed by atoms with Crippen molar-refractivity contribution in [3.8, 4) is 0 Å². The van der Waals surface area contributed by atoms with Crippen molar-refractivity contribution in [3.63, 3.8) is 0 Å². The van der Waals surface area contributed by atoms with Crippen LogP contribution in [0.25, 0.3) is 0 Å². The molecule has 37 heavy (non-hydrogen) atoms. The van der Waals surface area contributed by atoms with Gasteiger partial charge in [0.05, 0.1) is 18.3 Å². The molecule has 0 aliphatic heterocycles. The Morgan fingerprint density at radius 3 is 1.73 bits per heavy atom. The standard InChI is InChI=1S/C32H54Br2O3/c1-21-5-7-22(8-6-21)31(35)23-9-13-28(14-10-23)37-30-16-12-27(18-25(30)20-34)32(2,3)26-11-15-29(36-4)24(17-26)19-33/h21-30H,5-20H2,1-4H3. The number of ketones is 1. The number of carbonyl (C=O) groups excluding carboxylic acids is 1. The smallest absolute Gasteiger partial charge is 0.139 e. The molecular weight excluding hydrogens is 592 g/mol. The lowest BCUT2D eigenvalue weighted by atomic mass is 9.58. The molecule has 6 unspecified atom stereocenters. The molecule has 4 aliphatic rings. The van der Waals surface area contributed by atoms with Gasteiger partial charge in [0.25, 0.3) is 0 Å². The number of hydrogen-bond acceptors (Lipinski definition) is 3. The van der Waals surface area contributed by atoms with E-state index in [2.05, 4.69) is 52.6 Å². The summed E-state index contributed by atoms with van der Waals surface area (Å²) in [6.07, 6.45) is 17.7. The number of methoxy groups -OCH3 is 1. The first-order valence-corrected chi connectivity index (χ1v) is 17.8. The topological polar surface area (TPSA) is 35.5 Å². The highest BCUT2D eigenvalue weighted by molar-refractivity contribution is 9.09. The Hall–Kier alpha value is 0.550. The van der Waals surface area contributed by atoms with E-state index in [0.717, 1.165) is 66.9 Å². The molecule has 0 spiro atoms. The quantitative estimate of drug-likeness (QED) is 0.235. The second-order valence-electron chi connectivity index (χ2n) is 14.0. The molecule has 0 N–H and O–H groups in total. The minimum absolute atomic E-state index is 0.304. The first kappa shape index (κ1) is 30.5. The summed E-state index contributed by atoms with van der Waals surface area (Å²) in [6, 6.07) is 0. The van der Waals surface area contributed by atoms with Gasteiger partial charge in [0.1, 0.15) is 5.78 Å². The van der Waals surface area contributed by atoms with Gasteiger partial charge in [-0.25, -0.2) is 0 Å². The van der Waals surface area contributed by atoms with E-state index in [1.54, 1.807) is 0 Å². The van der Waals surface area contributed by atoms with E-state index >= 15 is 0 Å². The number of rotatable bonds is 9. The molecule has 4 aliphatic carbocycles. The highest BCUT2D eigenvalue weighted by Gasteiger charge is 2.45. The zero-order valence-corrected chi connectivity index (χ0v) is 27.2. The number of hydrogen-bond donors (Lipinski definition) is 0. The maximum absolute atomic E-state index is 13.1. The number of carbonyl (C=O) groups is 1. The van der Waals surface area contributed by atoms with E-state index in [1.165, 1.54) is 51.4 Å². The fourth-order valence-electron chi connectivity index (χ4n) is 8.58. The molecule has 214 valence electrons. The molecule has 0 amide bonds. The van der Waals surface area contributed by atoms with Crippen LogP contribution in [0.4, 0.5) is 0 Å². The fourth-order valence-corrected chi connectivity index (χ4v) is 9.94. The Bertz CT molecular complexity index is 711. The van der Waals surface area contributed by atoms with Gasteiger partial charge in [-0.05, 0) is 112 Å². The molecule has 3 nitrogen and oxygen atoms in total. The van der Waals surface area contributed by atoms with Crippen LogP contribution in [0.3, 0.4) is 0 Å². The first-order valence-electron chi connectivity index (χ1n) is 15.6. The second-order valence-corrected chi connectivity index (χ2v) is 15.2. The average Bonchev–Trinajstić information content (AvgIpc) is 2.93. The zero-order chi connectivity index (χ0) is 26.6. The normalized spacial score (nSPS) is 41.9. The lowest BCUT2D eigenvalue weighted by Gasteiger charge is -2.50. The van der Waals surface area contributed by atoms with Gasteiger partial charge in [0, 0.05) is 29.6 Å². The Balaban J connectivity index is 1.25. The molecule has 0 aromatic rings. The minimum atomic E-state index is 0.304. The lowest BCUT2D eigenvalue weighted by Crippen LogP contribution is -2.45. The summed E-state index contributed by atoms with van der Waals surface area (Å²) < 4.78 is 12.6. The third kappa shape index (κ3) is 7.45. The molecule has 4 saturated carbocycles. The molecule has 0 saturated heterocycles. The molecule has 6 atom stereocenters. The monoisotopic (exact) mass is 644 g/mol. The summed E-state index contributed by atoms with van der Waals surface area (Å²) in [5.74, 6) is 4.84. The Morgan fingerprint density at radius 2 is 1.22 bits per heavy atom. The van der Waals surface area contributed by atoms with E-state index in [-0.39, 0.29) is 0 Å². The van der Waals surface area contributed by atoms with Crippen molar-refractivity contribution in [2.75, 3.05) is 17.8 Å². The predicted octanol–water partition coefficient (Wildman–Crippen LogP) is 8.99. The summed E-state index contributed by atoms with van der Waals surface area (Å²) in [4.78, 5) is 13.1. The van der Waals surface area contributed by atoms with Crippen molar-refractivity contribution in [2.24, 2.45) is 46.8 Å². The van der Waals surface area contributed by atoms with E-state index in [9.17, 15) is 4.79 Å². The lowest BCUT2D eigenvalue weighted by molar-refractivity contribution is -0.132. The second kappa shape index (κ2) is 13.9. The Labute approximate surface area is 244 Å². The molecule has 0 heterocycles. The van der Waals surface area contributed by atoms with Gasteiger partial charge in [-0.3, -0.25) is 4.79 Å². The van der Waals surface area contributed by atoms with Crippen LogP contribution in [0.2, 0.25) is 0 Å². The third-order valence-corrected chi connectivity index (χ3v) is 13.2. The highest BCUT2D eigenvalue weighted by Crippen LogP contribution is 2.51. The predicted molar refractivity (Wildman–Crippen MR) is 161 cm³/mol. The van der Waals surface area contributed by atoms with E-state index in [1.807, 2.05) is 7.11 Å². The largest absolute Gasteiger partial charge is 0.381 e. The van der Waals surface area contributed by atoms with Gasteiger partial charge in [-0.15, -0.1) is 0 Å². The highest BCUT2D eigenvalue weighted by atomic mass is 79.9. The van der Waals surface area contributed by atoms with Crippen molar-refractivity contribution in [1.82, 2.24) is 0 Å². The number of Topliss-reactive ketones (excluding diaryl/α,β-unsaturated/α-hetero) is 1. The van der Waals surface area contributed by atoms with Gasteiger partial charge in [-0.2, -0.15) is 0 Å². The van der Waals surface area contributed by atoms with Crippen molar-refractivity contribution >= 4 is 37.6 Å². The van der Waals surface area contributed by atoms with Gasteiger partial charge in [0.15, 0.2) is 0 Å². The summed E-state index contributed by atoms with van der Waals surface area (Å²) in [5, 5.41) is 2.09. The SMILES string of the molecule is COC1CCC(C(C)(C)C2CCC(OC3CCC(C(=O)C4CCC(C)CC4)CC3)C(CBr)C2)CC1CBr. The molecule has 0 radical (unpaired) electrons. The maximum Gasteiger partial charge on any atom is 0.139 e. The van der Waals surface area contributed by atoms with Crippen molar-refractivity contribution < 1.29 is 14.3 Å². The fraction of sp³-hybridized carbons (Fsp3) is 0.969. The van der Waals surface area contributed by atoms with Crippen LogP contribution in [0.1, 0.15) is 111 Å². The van der Waals surface area contributed by atoms with E-state index < -0.39 is 0 Å². The molecule has 4 fully saturated rings. The summed E-state index contributed by atoms with van der Waals surface area (Å²) in [7, 11) is 1.88. The van der Waals surface area contributed by atoms with Crippen molar-refractivity contribution in [1.29, 1.82) is 0 Å². The zero-order valence-electron chi connectivity index (χ0n) is 24.1. The van der Waals surface area contributed by atoms with Crippen LogP contribution in [0.5, 0.6) is 0 Å². The van der Waals surface area contributed by atoms with Gasteiger partial charge in [0.2, 0.25) is 0 Å². The van der Waals surface area contributed by atoms with Crippen LogP contribution >= 0.6 is 31.9 Å². The van der Waals surface area contributed by atoms with Crippen LogP contribution in [-0.4, -0.2) is 41.9 Å². The molecule has 0 aromatic carbocycles. The van der Waals surface area contributed by atoms with Crippen LogP contribution in [-0.2, 0) is 14.3 Å². The van der Waals surface area contributed by atoms with Gasteiger partial charge < -0.3 is 9.47 Å². The summed E-state index contributed by atoms with van der Waals surface area (Å²) in [5.41, 5.74) is 0.361. The Morgan fingerprint density at radius 1 is 0.730 bits per heavy atom. The van der Waals surface area contributed by atoms with Crippen LogP contribution < -0.4 is 0 Å². The molecule has 4 rings (SSSR count). The summed E-state index contributed by atoms with van der Waals surface area (Å²) >= 11 is 7.64. The summed E-state index contributed by atoms with van der Waals surface area (Å²) in [6.45, 7) is 7.45.